The van der Waals surface area contributed by atoms with Gasteiger partial charge >= 0.3 is 11.9 Å². The van der Waals surface area contributed by atoms with Crippen molar-refractivity contribution >= 4 is 11.9 Å². The van der Waals surface area contributed by atoms with E-state index in [1.54, 1.807) is 24.3 Å². The zero-order valence-electron chi connectivity index (χ0n) is 18.7. The van der Waals surface area contributed by atoms with Crippen LogP contribution in [0.2, 0.25) is 0 Å². The molecule has 0 heterocycles. The average molecular weight is 405 g/mol. The number of benzene rings is 1. The van der Waals surface area contributed by atoms with E-state index in [-0.39, 0.29) is 11.9 Å². The van der Waals surface area contributed by atoms with Gasteiger partial charge in [-0.1, -0.05) is 90.7 Å². The summed E-state index contributed by atoms with van der Waals surface area (Å²) < 4.78 is 10.9. The van der Waals surface area contributed by atoms with Gasteiger partial charge in [-0.2, -0.15) is 0 Å². The zero-order valence-corrected chi connectivity index (χ0v) is 18.7. The first-order valence-electron chi connectivity index (χ1n) is 11.5. The van der Waals surface area contributed by atoms with E-state index in [1.807, 2.05) is 0 Å². The van der Waals surface area contributed by atoms with Crippen molar-refractivity contribution in [1.29, 1.82) is 0 Å². The predicted molar refractivity (Wildman–Crippen MR) is 118 cm³/mol. The molecule has 0 fully saturated rings. The van der Waals surface area contributed by atoms with Crippen LogP contribution in [0.1, 0.15) is 104 Å². The second-order valence-electron chi connectivity index (χ2n) is 8.26. The van der Waals surface area contributed by atoms with E-state index in [1.165, 1.54) is 32.1 Å². The van der Waals surface area contributed by atoms with Gasteiger partial charge in [0.2, 0.25) is 0 Å². The van der Waals surface area contributed by atoms with E-state index >= 15 is 0 Å². The van der Waals surface area contributed by atoms with Crippen molar-refractivity contribution in [2.24, 2.45) is 5.92 Å². The molecular formula is C25H40O4. The highest BCUT2D eigenvalue weighted by Gasteiger charge is 2.13. The topological polar surface area (TPSA) is 52.6 Å². The van der Waals surface area contributed by atoms with Crippen molar-refractivity contribution in [3.05, 3.63) is 24.3 Å². The third kappa shape index (κ3) is 13.1. The quantitative estimate of drug-likeness (QED) is 0.165. The Hall–Kier alpha value is -1.84. The van der Waals surface area contributed by atoms with Crippen LogP contribution in [0.25, 0.3) is 0 Å². The predicted octanol–water partition coefficient (Wildman–Crippen LogP) is 7.24. The average Bonchev–Trinajstić information content (AvgIpc) is 2.68. The molecule has 0 saturated heterocycles. The third-order valence-electron chi connectivity index (χ3n) is 4.94. The lowest BCUT2D eigenvalue weighted by molar-refractivity contribution is -0.137. The maximum Gasteiger partial charge on any atom is 0.311 e. The van der Waals surface area contributed by atoms with Gasteiger partial charge in [-0.3, -0.25) is 9.59 Å². The number of ether oxygens (including phenoxy) is 2. The van der Waals surface area contributed by atoms with Crippen molar-refractivity contribution in [2.75, 3.05) is 0 Å². The Morgan fingerprint density at radius 1 is 0.724 bits per heavy atom. The number of rotatable bonds is 16. The summed E-state index contributed by atoms with van der Waals surface area (Å²) in [6.45, 7) is 6.65. The number of carbonyl (C=O) groups excluding carboxylic acids is 2. The number of hydrogen-bond donors (Lipinski definition) is 0. The number of hydrogen-bond acceptors (Lipinski definition) is 4. The monoisotopic (exact) mass is 404 g/mol. The Morgan fingerprint density at radius 3 is 1.66 bits per heavy atom. The lowest BCUT2D eigenvalue weighted by Crippen LogP contribution is -2.12. The summed E-state index contributed by atoms with van der Waals surface area (Å²) in [5.41, 5.74) is 0. The van der Waals surface area contributed by atoms with Gasteiger partial charge in [0.25, 0.3) is 0 Å². The molecule has 0 aliphatic carbocycles. The van der Waals surface area contributed by atoms with Crippen LogP contribution in [0.5, 0.6) is 11.5 Å². The van der Waals surface area contributed by atoms with Crippen molar-refractivity contribution in [3.8, 4) is 11.5 Å². The van der Waals surface area contributed by atoms with Crippen LogP contribution in [-0.2, 0) is 9.59 Å². The third-order valence-corrected chi connectivity index (χ3v) is 4.94. The summed E-state index contributed by atoms with van der Waals surface area (Å²) in [6.07, 6.45) is 13.0. The van der Waals surface area contributed by atoms with Gasteiger partial charge in [0.05, 0.1) is 0 Å². The Balaban J connectivity index is 2.31. The molecule has 0 bridgehead atoms. The highest BCUT2D eigenvalue weighted by Crippen LogP contribution is 2.27. The number of carbonyl (C=O) groups is 2. The molecule has 1 aromatic carbocycles. The molecule has 0 atom stereocenters. The molecule has 4 nitrogen and oxygen atoms in total. The maximum absolute atomic E-state index is 12.1. The summed E-state index contributed by atoms with van der Waals surface area (Å²) in [4.78, 5) is 24.2. The minimum absolute atomic E-state index is 0.269. The molecule has 0 aliphatic rings. The van der Waals surface area contributed by atoms with E-state index < -0.39 is 0 Å². The largest absolute Gasteiger partial charge is 0.423 e. The minimum Gasteiger partial charge on any atom is -0.423 e. The summed E-state index contributed by atoms with van der Waals surface area (Å²) in [5.74, 6) is 0.852. The molecule has 1 rings (SSSR count). The van der Waals surface area contributed by atoms with E-state index in [0.717, 1.165) is 44.4 Å². The van der Waals surface area contributed by atoms with Crippen LogP contribution in [0, 0.1) is 5.92 Å². The molecular weight excluding hydrogens is 364 g/mol. The molecule has 0 amide bonds. The molecule has 0 radical (unpaired) electrons. The standard InChI is InChI=1S/C25H40O4/c1-4-5-6-7-8-12-19-24(26)28-22-17-14-15-18-23(22)29-25(27)20-13-10-9-11-16-21(2)3/h14-15,17-18,21H,4-13,16,19-20H2,1-3H3. The molecule has 1 aromatic rings. The van der Waals surface area contributed by atoms with Gasteiger partial charge in [-0.25, -0.2) is 0 Å². The van der Waals surface area contributed by atoms with E-state index in [0.29, 0.717) is 24.3 Å². The molecule has 0 unspecified atom stereocenters. The summed E-state index contributed by atoms with van der Waals surface area (Å²) in [7, 11) is 0. The van der Waals surface area contributed by atoms with Crippen LogP contribution >= 0.6 is 0 Å². The highest BCUT2D eigenvalue weighted by molar-refractivity contribution is 5.76. The highest BCUT2D eigenvalue weighted by atomic mass is 16.6. The van der Waals surface area contributed by atoms with E-state index in [9.17, 15) is 9.59 Å². The maximum atomic E-state index is 12.1. The van der Waals surface area contributed by atoms with Crippen LogP contribution in [0.4, 0.5) is 0 Å². The summed E-state index contributed by atoms with van der Waals surface area (Å²) in [5, 5.41) is 0. The van der Waals surface area contributed by atoms with Crippen LogP contribution in [0.15, 0.2) is 24.3 Å². The molecule has 0 saturated carbocycles. The number of esters is 2. The zero-order chi connectivity index (χ0) is 21.3. The Morgan fingerprint density at radius 2 is 1.17 bits per heavy atom. The van der Waals surface area contributed by atoms with E-state index in [2.05, 4.69) is 20.8 Å². The lowest BCUT2D eigenvalue weighted by Gasteiger charge is -2.10. The van der Waals surface area contributed by atoms with Crippen molar-refractivity contribution in [1.82, 2.24) is 0 Å². The van der Waals surface area contributed by atoms with Gasteiger partial charge < -0.3 is 9.47 Å². The Bertz CT molecular complexity index is 580. The van der Waals surface area contributed by atoms with E-state index in [4.69, 9.17) is 9.47 Å². The van der Waals surface area contributed by atoms with Crippen molar-refractivity contribution in [3.63, 3.8) is 0 Å². The molecule has 164 valence electrons. The van der Waals surface area contributed by atoms with Crippen molar-refractivity contribution < 1.29 is 19.1 Å². The SMILES string of the molecule is CCCCCCCCC(=O)Oc1ccccc1OC(=O)CCCCCCC(C)C. The molecule has 0 aromatic heterocycles. The first kappa shape index (κ1) is 25.2. The second kappa shape index (κ2) is 16.0. The molecule has 0 aliphatic heterocycles. The molecule has 0 spiro atoms. The Labute approximate surface area is 177 Å². The Kier molecular flexibility index (Phi) is 13.9. The van der Waals surface area contributed by atoms with Crippen LogP contribution < -0.4 is 9.47 Å². The smallest absolute Gasteiger partial charge is 0.311 e. The fourth-order valence-electron chi connectivity index (χ4n) is 3.19. The van der Waals surface area contributed by atoms with Gasteiger partial charge in [-0.15, -0.1) is 0 Å². The fraction of sp³-hybridized carbons (Fsp3) is 0.680. The van der Waals surface area contributed by atoms with Crippen LogP contribution in [-0.4, -0.2) is 11.9 Å². The molecule has 4 heteroatoms. The van der Waals surface area contributed by atoms with Crippen molar-refractivity contribution in [2.45, 2.75) is 104 Å². The fourth-order valence-corrected chi connectivity index (χ4v) is 3.19. The normalized spacial score (nSPS) is 10.9. The van der Waals surface area contributed by atoms with Gasteiger partial charge in [0, 0.05) is 12.8 Å². The first-order valence-corrected chi connectivity index (χ1v) is 11.5. The first-order chi connectivity index (χ1) is 14.0. The van der Waals surface area contributed by atoms with Gasteiger partial charge in [0.1, 0.15) is 0 Å². The summed E-state index contributed by atoms with van der Waals surface area (Å²) in [6, 6.07) is 6.90. The molecule has 29 heavy (non-hydrogen) atoms. The minimum atomic E-state index is -0.270. The van der Waals surface area contributed by atoms with Gasteiger partial charge in [0.15, 0.2) is 11.5 Å². The van der Waals surface area contributed by atoms with Crippen LogP contribution in [0.3, 0.4) is 0 Å². The second-order valence-corrected chi connectivity index (χ2v) is 8.26. The molecule has 0 N–H and O–H groups in total. The summed E-state index contributed by atoms with van der Waals surface area (Å²) >= 11 is 0. The number of unbranched alkanes of at least 4 members (excludes halogenated alkanes) is 8. The van der Waals surface area contributed by atoms with Gasteiger partial charge in [-0.05, 0) is 30.9 Å². The lowest BCUT2D eigenvalue weighted by atomic mass is 10.0. The number of para-hydroxylation sites is 2.